The van der Waals surface area contributed by atoms with Crippen molar-refractivity contribution in [2.24, 2.45) is 5.92 Å². The quantitative estimate of drug-likeness (QED) is 0.840. The average Bonchev–Trinajstić information content (AvgIpc) is 2.49. The SMILES string of the molecule is CC.O=C(NC1CCCC(C(F)(F)F)C1)Oc1ccccc1. The van der Waals surface area contributed by atoms with Crippen molar-refractivity contribution >= 4 is 6.09 Å². The summed E-state index contributed by atoms with van der Waals surface area (Å²) in [7, 11) is 0. The average molecular weight is 317 g/mol. The molecule has 1 aromatic rings. The van der Waals surface area contributed by atoms with E-state index in [2.05, 4.69) is 5.32 Å². The lowest BCUT2D eigenvalue weighted by atomic mass is 9.85. The highest BCUT2D eigenvalue weighted by molar-refractivity contribution is 5.70. The van der Waals surface area contributed by atoms with Gasteiger partial charge in [-0.1, -0.05) is 38.5 Å². The topological polar surface area (TPSA) is 38.3 Å². The monoisotopic (exact) mass is 317 g/mol. The molecule has 0 radical (unpaired) electrons. The molecule has 0 aromatic heterocycles. The molecule has 22 heavy (non-hydrogen) atoms. The number of carbonyl (C=O) groups excluding carboxylic acids is 1. The molecule has 2 unspecified atom stereocenters. The first-order valence-corrected chi connectivity index (χ1v) is 7.55. The Morgan fingerprint density at radius 3 is 2.41 bits per heavy atom. The lowest BCUT2D eigenvalue weighted by Crippen LogP contribution is -2.42. The first kappa shape index (κ1) is 18.3. The van der Waals surface area contributed by atoms with E-state index in [1.807, 2.05) is 13.8 Å². The van der Waals surface area contributed by atoms with Crippen LogP contribution in [0.5, 0.6) is 5.75 Å². The smallest absolute Gasteiger partial charge is 0.410 e. The molecule has 0 saturated heterocycles. The van der Waals surface area contributed by atoms with Crippen LogP contribution >= 0.6 is 0 Å². The van der Waals surface area contributed by atoms with Crippen LogP contribution < -0.4 is 10.1 Å². The summed E-state index contributed by atoms with van der Waals surface area (Å²) in [6.45, 7) is 4.00. The van der Waals surface area contributed by atoms with Crippen LogP contribution in [0, 0.1) is 5.92 Å². The standard InChI is InChI=1S/C14H16F3NO2.C2H6/c15-14(16,17)10-5-4-6-11(9-10)18-13(19)20-12-7-2-1-3-8-12;1-2/h1-3,7-8,10-11H,4-6,9H2,(H,18,19);1-2H3. The summed E-state index contributed by atoms with van der Waals surface area (Å²) in [5, 5.41) is 2.51. The van der Waals surface area contributed by atoms with Crippen LogP contribution in [-0.4, -0.2) is 18.3 Å². The van der Waals surface area contributed by atoms with Crippen LogP contribution in [0.3, 0.4) is 0 Å². The second kappa shape index (κ2) is 8.66. The maximum absolute atomic E-state index is 12.7. The Morgan fingerprint density at radius 2 is 1.82 bits per heavy atom. The zero-order valence-electron chi connectivity index (χ0n) is 12.8. The predicted molar refractivity (Wildman–Crippen MR) is 78.8 cm³/mol. The molecule has 0 heterocycles. The Hall–Kier alpha value is -1.72. The van der Waals surface area contributed by atoms with E-state index in [9.17, 15) is 18.0 Å². The van der Waals surface area contributed by atoms with Gasteiger partial charge in [0.2, 0.25) is 0 Å². The van der Waals surface area contributed by atoms with Gasteiger partial charge in [-0.25, -0.2) is 4.79 Å². The van der Waals surface area contributed by atoms with Gasteiger partial charge in [0.05, 0.1) is 5.92 Å². The number of benzene rings is 1. The van der Waals surface area contributed by atoms with Crippen LogP contribution in [0.25, 0.3) is 0 Å². The molecule has 1 aliphatic rings. The minimum atomic E-state index is -4.19. The van der Waals surface area contributed by atoms with Crippen molar-refractivity contribution in [1.82, 2.24) is 5.32 Å². The highest BCUT2D eigenvalue weighted by atomic mass is 19.4. The number of nitrogens with one attached hydrogen (secondary N) is 1. The third kappa shape index (κ3) is 5.95. The molecule has 3 nitrogen and oxygen atoms in total. The number of amides is 1. The molecule has 0 aliphatic heterocycles. The number of para-hydroxylation sites is 1. The maximum atomic E-state index is 12.7. The van der Waals surface area contributed by atoms with Gasteiger partial charge in [-0.05, 0) is 31.4 Å². The van der Waals surface area contributed by atoms with E-state index >= 15 is 0 Å². The number of hydrogen-bond acceptors (Lipinski definition) is 2. The molecule has 1 amide bonds. The maximum Gasteiger partial charge on any atom is 0.412 e. The molecule has 124 valence electrons. The lowest BCUT2D eigenvalue weighted by Gasteiger charge is -2.30. The van der Waals surface area contributed by atoms with E-state index in [1.165, 1.54) is 0 Å². The van der Waals surface area contributed by atoms with Gasteiger partial charge in [-0.2, -0.15) is 13.2 Å². The Balaban J connectivity index is 0.00000116. The normalized spacial score (nSPS) is 21.3. The van der Waals surface area contributed by atoms with Gasteiger partial charge in [-0.3, -0.25) is 0 Å². The number of halogens is 3. The largest absolute Gasteiger partial charge is 0.412 e. The molecule has 1 aromatic carbocycles. The van der Waals surface area contributed by atoms with Crippen LogP contribution in [0.15, 0.2) is 30.3 Å². The summed E-state index contributed by atoms with van der Waals surface area (Å²) < 4.78 is 43.0. The Bertz CT molecular complexity index is 448. The molecule has 1 fully saturated rings. The molecule has 1 N–H and O–H groups in total. The third-order valence-electron chi connectivity index (χ3n) is 3.41. The van der Waals surface area contributed by atoms with Crippen molar-refractivity contribution < 1.29 is 22.7 Å². The van der Waals surface area contributed by atoms with Crippen molar-refractivity contribution in [3.8, 4) is 5.75 Å². The highest BCUT2D eigenvalue weighted by Gasteiger charge is 2.42. The molecule has 1 aliphatic carbocycles. The van der Waals surface area contributed by atoms with Crippen molar-refractivity contribution in [3.05, 3.63) is 30.3 Å². The van der Waals surface area contributed by atoms with Crippen molar-refractivity contribution in [3.63, 3.8) is 0 Å². The highest BCUT2D eigenvalue weighted by Crippen LogP contribution is 2.37. The van der Waals surface area contributed by atoms with Gasteiger partial charge < -0.3 is 10.1 Å². The zero-order chi connectivity index (χ0) is 16.6. The fourth-order valence-corrected chi connectivity index (χ4v) is 2.41. The van der Waals surface area contributed by atoms with Gasteiger partial charge in [-0.15, -0.1) is 0 Å². The van der Waals surface area contributed by atoms with E-state index in [1.54, 1.807) is 30.3 Å². The van der Waals surface area contributed by atoms with Crippen molar-refractivity contribution in [2.45, 2.75) is 51.7 Å². The second-order valence-corrected chi connectivity index (χ2v) is 4.95. The van der Waals surface area contributed by atoms with Crippen LogP contribution in [0.4, 0.5) is 18.0 Å². The lowest BCUT2D eigenvalue weighted by molar-refractivity contribution is -0.183. The van der Waals surface area contributed by atoms with Gasteiger partial charge in [0.15, 0.2) is 0 Å². The van der Waals surface area contributed by atoms with E-state index in [-0.39, 0.29) is 12.8 Å². The number of rotatable bonds is 2. The summed E-state index contributed by atoms with van der Waals surface area (Å²) >= 11 is 0. The zero-order valence-corrected chi connectivity index (χ0v) is 12.8. The summed E-state index contributed by atoms with van der Waals surface area (Å²) in [5.74, 6) is -0.966. The molecule has 6 heteroatoms. The molecular weight excluding hydrogens is 295 g/mol. The van der Waals surface area contributed by atoms with E-state index in [0.29, 0.717) is 18.6 Å². The summed E-state index contributed by atoms with van der Waals surface area (Å²) in [4.78, 5) is 11.6. The molecule has 2 rings (SSSR count). The number of carbonyl (C=O) groups is 1. The summed E-state index contributed by atoms with van der Waals surface area (Å²) in [6, 6.07) is 7.94. The number of ether oxygens (including phenoxy) is 1. The van der Waals surface area contributed by atoms with Crippen LogP contribution in [0.1, 0.15) is 39.5 Å². The number of alkyl halides is 3. The van der Waals surface area contributed by atoms with Gasteiger partial charge >= 0.3 is 12.3 Å². The van der Waals surface area contributed by atoms with Gasteiger partial charge in [0.25, 0.3) is 0 Å². The summed E-state index contributed by atoms with van der Waals surface area (Å²) in [5.41, 5.74) is 0. The fourth-order valence-electron chi connectivity index (χ4n) is 2.41. The Labute approximate surface area is 128 Å². The molecule has 0 bridgehead atoms. The second-order valence-electron chi connectivity index (χ2n) is 4.95. The molecular formula is C16H22F3NO2. The first-order chi connectivity index (χ1) is 10.4. The van der Waals surface area contributed by atoms with E-state index in [0.717, 1.165) is 0 Å². The van der Waals surface area contributed by atoms with Crippen molar-refractivity contribution in [1.29, 1.82) is 0 Å². The van der Waals surface area contributed by atoms with E-state index in [4.69, 9.17) is 4.74 Å². The minimum absolute atomic E-state index is 0.0760. The summed E-state index contributed by atoms with van der Waals surface area (Å²) in [6.07, 6.45) is -3.83. The Morgan fingerprint density at radius 1 is 1.18 bits per heavy atom. The van der Waals surface area contributed by atoms with Crippen LogP contribution in [-0.2, 0) is 0 Å². The molecule has 2 atom stereocenters. The fraction of sp³-hybridized carbons (Fsp3) is 0.562. The predicted octanol–water partition coefficient (Wildman–Crippen LogP) is 4.92. The van der Waals surface area contributed by atoms with Crippen molar-refractivity contribution in [2.75, 3.05) is 0 Å². The molecule has 0 spiro atoms. The first-order valence-electron chi connectivity index (χ1n) is 7.55. The minimum Gasteiger partial charge on any atom is -0.410 e. The van der Waals surface area contributed by atoms with E-state index < -0.39 is 24.2 Å². The third-order valence-corrected chi connectivity index (χ3v) is 3.41. The van der Waals surface area contributed by atoms with Crippen LogP contribution in [0.2, 0.25) is 0 Å². The van der Waals surface area contributed by atoms with Gasteiger partial charge in [0, 0.05) is 6.04 Å². The Kier molecular flexibility index (Phi) is 7.21. The number of hydrogen-bond donors (Lipinski definition) is 1. The van der Waals surface area contributed by atoms with Gasteiger partial charge in [0.1, 0.15) is 5.75 Å². The molecule has 1 saturated carbocycles.